The fourth-order valence-electron chi connectivity index (χ4n) is 2.37. The first-order valence-electron chi connectivity index (χ1n) is 5.95. The average molecular weight is 243 g/mol. The van der Waals surface area contributed by atoms with Crippen LogP contribution < -0.4 is 5.32 Å². The highest BCUT2D eigenvalue weighted by atomic mass is 16.7. The van der Waals surface area contributed by atoms with E-state index in [4.69, 9.17) is 14.6 Å². The van der Waals surface area contributed by atoms with Crippen molar-refractivity contribution < 1.29 is 24.2 Å². The van der Waals surface area contributed by atoms with Crippen LogP contribution in [-0.2, 0) is 14.3 Å². The Hall–Kier alpha value is -1.30. The largest absolute Gasteiger partial charge is 0.465 e. The Labute approximate surface area is 99.3 Å². The fraction of sp³-hybridized carbons (Fsp3) is 0.818. The monoisotopic (exact) mass is 243 g/mol. The summed E-state index contributed by atoms with van der Waals surface area (Å²) in [6.07, 6.45) is 2.82. The second kappa shape index (κ2) is 5.35. The minimum absolute atomic E-state index is 0.0433. The zero-order valence-corrected chi connectivity index (χ0v) is 9.55. The zero-order chi connectivity index (χ0) is 12.3. The number of rotatable bonds is 4. The third-order valence-electron chi connectivity index (χ3n) is 3.24. The van der Waals surface area contributed by atoms with Crippen molar-refractivity contribution in [1.29, 1.82) is 0 Å². The average Bonchev–Trinajstić information content (AvgIpc) is 2.84. The molecule has 0 unspecified atom stereocenters. The summed E-state index contributed by atoms with van der Waals surface area (Å²) in [5.74, 6) is 0.0972. The van der Waals surface area contributed by atoms with Gasteiger partial charge in [-0.25, -0.2) is 4.79 Å². The number of carboxylic acid groups (broad SMARTS) is 1. The van der Waals surface area contributed by atoms with Gasteiger partial charge in [0.2, 0.25) is 6.29 Å². The Morgan fingerprint density at radius 1 is 1.47 bits per heavy atom. The number of nitrogens with one attached hydrogen (secondary N) is 1. The lowest BCUT2D eigenvalue weighted by Gasteiger charge is -2.19. The Balaban J connectivity index is 1.80. The molecule has 6 heteroatoms. The number of carbonyl (C=O) groups is 2. The van der Waals surface area contributed by atoms with Gasteiger partial charge >= 0.3 is 12.1 Å². The number of ether oxygens (including phenoxy) is 2. The van der Waals surface area contributed by atoms with Gasteiger partial charge in [0.1, 0.15) is 6.04 Å². The van der Waals surface area contributed by atoms with Gasteiger partial charge in [0.15, 0.2) is 0 Å². The molecule has 1 aliphatic heterocycles. The molecule has 6 nitrogen and oxygen atoms in total. The molecule has 2 rings (SSSR count). The number of hydrogen-bond donors (Lipinski definition) is 2. The summed E-state index contributed by atoms with van der Waals surface area (Å²) in [6, 6.07) is -0.582. The summed E-state index contributed by atoms with van der Waals surface area (Å²) in [6.45, 7) is 0.537. The lowest BCUT2D eigenvalue weighted by molar-refractivity contribution is -0.166. The molecule has 2 atom stereocenters. The van der Waals surface area contributed by atoms with E-state index in [1.54, 1.807) is 0 Å². The van der Waals surface area contributed by atoms with Gasteiger partial charge in [-0.15, -0.1) is 0 Å². The van der Waals surface area contributed by atoms with Crippen LogP contribution in [0.2, 0.25) is 0 Å². The number of cyclic esters (lactones) is 1. The van der Waals surface area contributed by atoms with E-state index in [0.29, 0.717) is 12.5 Å². The standard InChI is InChI=1S/C11H17NO5/c13-9-5-8(12-11(14)15)10(17-9)16-6-7-3-1-2-4-7/h7-8,10,12H,1-6H2,(H,14,15)/t8-,10+/m0/s1. The molecule has 1 amide bonds. The van der Waals surface area contributed by atoms with Crippen LogP contribution in [0, 0.1) is 5.92 Å². The van der Waals surface area contributed by atoms with E-state index in [0.717, 1.165) is 12.8 Å². The molecule has 0 spiro atoms. The smallest absolute Gasteiger partial charge is 0.405 e. The first-order valence-corrected chi connectivity index (χ1v) is 5.95. The second-order valence-corrected chi connectivity index (χ2v) is 4.60. The van der Waals surface area contributed by atoms with Crippen LogP contribution in [0.4, 0.5) is 4.79 Å². The minimum Gasteiger partial charge on any atom is -0.465 e. The minimum atomic E-state index is -1.16. The van der Waals surface area contributed by atoms with Crippen LogP contribution >= 0.6 is 0 Å². The number of esters is 1. The van der Waals surface area contributed by atoms with Gasteiger partial charge in [0.05, 0.1) is 13.0 Å². The van der Waals surface area contributed by atoms with E-state index in [9.17, 15) is 9.59 Å². The molecule has 0 aromatic carbocycles. The van der Waals surface area contributed by atoms with Crippen molar-refractivity contribution in [2.75, 3.05) is 6.61 Å². The van der Waals surface area contributed by atoms with Gasteiger partial charge < -0.3 is 19.9 Å². The predicted molar refractivity (Wildman–Crippen MR) is 57.4 cm³/mol. The van der Waals surface area contributed by atoms with Crippen LogP contribution in [0.15, 0.2) is 0 Å². The maximum Gasteiger partial charge on any atom is 0.405 e. The van der Waals surface area contributed by atoms with Crippen molar-refractivity contribution in [3.63, 3.8) is 0 Å². The molecule has 96 valence electrons. The molecule has 17 heavy (non-hydrogen) atoms. The topological polar surface area (TPSA) is 84.9 Å². The van der Waals surface area contributed by atoms with E-state index < -0.39 is 24.4 Å². The predicted octanol–water partition coefficient (Wildman–Crippen LogP) is 1.10. The molecule has 1 heterocycles. The van der Waals surface area contributed by atoms with Gasteiger partial charge in [-0.2, -0.15) is 0 Å². The van der Waals surface area contributed by atoms with Crippen molar-refractivity contribution in [3.8, 4) is 0 Å². The third-order valence-corrected chi connectivity index (χ3v) is 3.24. The highest BCUT2D eigenvalue weighted by Gasteiger charge is 2.37. The maximum absolute atomic E-state index is 11.1. The van der Waals surface area contributed by atoms with Gasteiger partial charge in [0.25, 0.3) is 0 Å². The van der Waals surface area contributed by atoms with Crippen molar-refractivity contribution in [2.45, 2.75) is 44.4 Å². The van der Waals surface area contributed by atoms with Crippen molar-refractivity contribution in [2.24, 2.45) is 5.92 Å². The van der Waals surface area contributed by atoms with Crippen LogP contribution in [0.1, 0.15) is 32.1 Å². The molecular formula is C11H17NO5. The summed E-state index contributed by atoms with van der Waals surface area (Å²) >= 11 is 0. The third kappa shape index (κ3) is 3.33. The van der Waals surface area contributed by atoms with E-state index in [2.05, 4.69) is 5.32 Å². The zero-order valence-electron chi connectivity index (χ0n) is 9.55. The van der Waals surface area contributed by atoms with E-state index in [1.165, 1.54) is 12.8 Å². The highest BCUT2D eigenvalue weighted by molar-refractivity contribution is 5.74. The van der Waals surface area contributed by atoms with Crippen molar-refractivity contribution in [3.05, 3.63) is 0 Å². The Morgan fingerprint density at radius 3 is 2.82 bits per heavy atom. The van der Waals surface area contributed by atoms with Crippen LogP contribution in [0.5, 0.6) is 0 Å². The van der Waals surface area contributed by atoms with Gasteiger partial charge in [0, 0.05) is 0 Å². The molecule has 0 bridgehead atoms. The van der Waals surface area contributed by atoms with Crippen LogP contribution in [0.25, 0.3) is 0 Å². The summed E-state index contributed by atoms with van der Waals surface area (Å²) in [4.78, 5) is 21.6. The second-order valence-electron chi connectivity index (χ2n) is 4.60. The molecule has 0 aromatic rings. The fourth-order valence-corrected chi connectivity index (χ4v) is 2.37. The van der Waals surface area contributed by atoms with Gasteiger partial charge in [-0.1, -0.05) is 12.8 Å². The lowest BCUT2D eigenvalue weighted by atomic mass is 10.1. The molecule has 0 radical (unpaired) electrons. The number of amides is 1. The molecular weight excluding hydrogens is 226 g/mol. The van der Waals surface area contributed by atoms with E-state index in [-0.39, 0.29) is 6.42 Å². The van der Waals surface area contributed by atoms with Gasteiger partial charge in [-0.3, -0.25) is 4.79 Å². The highest BCUT2D eigenvalue weighted by Crippen LogP contribution is 2.26. The lowest BCUT2D eigenvalue weighted by Crippen LogP contribution is -2.41. The molecule has 2 fully saturated rings. The number of carbonyl (C=O) groups excluding carboxylic acids is 1. The summed E-state index contributed by atoms with van der Waals surface area (Å²) in [7, 11) is 0. The van der Waals surface area contributed by atoms with Crippen LogP contribution in [0.3, 0.4) is 0 Å². The summed E-state index contributed by atoms with van der Waals surface area (Å²) in [5.41, 5.74) is 0. The quantitative estimate of drug-likeness (QED) is 0.722. The van der Waals surface area contributed by atoms with Gasteiger partial charge in [-0.05, 0) is 18.8 Å². The van der Waals surface area contributed by atoms with E-state index >= 15 is 0 Å². The SMILES string of the molecule is O=C(O)N[C@H]1CC(=O)O[C@H]1OCC1CCCC1. The first-order chi connectivity index (χ1) is 8.15. The van der Waals surface area contributed by atoms with Crippen LogP contribution in [-0.4, -0.2) is 36.1 Å². The molecule has 1 saturated carbocycles. The first kappa shape index (κ1) is 12.2. The Morgan fingerprint density at radius 2 is 2.18 bits per heavy atom. The van der Waals surface area contributed by atoms with Crippen molar-refractivity contribution >= 4 is 12.1 Å². The van der Waals surface area contributed by atoms with E-state index in [1.807, 2.05) is 0 Å². The Bertz CT molecular complexity index is 300. The Kier molecular flexibility index (Phi) is 3.83. The summed E-state index contributed by atoms with van der Waals surface area (Å²) in [5, 5.41) is 10.9. The molecule has 2 N–H and O–H groups in total. The maximum atomic E-state index is 11.1. The normalized spacial score (nSPS) is 29.3. The van der Waals surface area contributed by atoms with Crippen molar-refractivity contribution in [1.82, 2.24) is 5.32 Å². The molecule has 1 aliphatic carbocycles. The molecule has 2 aliphatic rings. The molecule has 1 saturated heterocycles. The number of hydrogen-bond acceptors (Lipinski definition) is 4. The molecule has 0 aromatic heterocycles. The summed E-state index contributed by atoms with van der Waals surface area (Å²) < 4.78 is 10.4.